The van der Waals surface area contributed by atoms with Crippen LogP contribution in [0.1, 0.15) is 38.5 Å². The second-order valence-electron chi connectivity index (χ2n) is 5.04. The molecular weight excluding hydrogens is 190 g/mol. The highest BCUT2D eigenvalue weighted by Crippen LogP contribution is 2.36. The average Bonchev–Trinajstić information content (AvgIpc) is 2.30. The number of piperidine rings is 1. The van der Waals surface area contributed by atoms with Gasteiger partial charge >= 0.3 is 5.97 Å². The van der Waals surface area contributed by atoms with E-state index in [1.807, 2.05) is 0 Å². The van der Waals surface area contributed by atoms with E-state index in [0.29, 0.717) is 0 Å². The van der Waals surface area contributed by atoms with Crippen LogP contribution in [0.25, 0.3) is 0 Å². The van der Waals surface area contributed by atoms with E-state index in [1.165, 1.54) is 12.8 Å². The lowest BCUT2D eigenvalue weighted by molar-refractivity contribution is -0.143. The highest BCUT2D eigenvalue weighted by molar-refractivity contribution is 5.69. The fourth-order valence-electron chi connectivity index (χ4n) is 3.15. The second kappa shape index (κ2) is 4.97. The van der Waals surface area contributed by atoms with E-state index in [-0.39, 0.29) is 5.92 Å². The molecule has 2 aliphatic rings. The third-order valence-electron chi connectivity index (χ3n) is 4.17. The molecule has 0 spiro atoms. The molecule has 1 saturated heterocycles. The van der Waals surface area contributed by atoms with Gasteiger partial charge in [0, 0.05) is 0 Å². The lowest BCUT2D eigenvalue weighted by Crippen LogP contribution is -2.34. The zero-order chi connectivity index (χ0) is 10.7. The molecule has 0 aromatic heterocycles. The number of hydrogen-bond donors (Lipinski definition) is 2. The first-order valence-corrected chi connectivity index (χ1v) is 6.21. The van der Waals surface area contributed by atoms with E-state index in [2.05, 4.69) is 5.32 Å². The molecule has 2 fully saturated rings. The molecule has 3 nitrogen and oxygen atoms in total. The first-order valence-electron chi connectivity index (χ1n) is 6.21. The molecule has 1 saturated carbocycles. The summed E-state index contributed by atoms with van der Waals surface area (Å²) in [6.07, 6.45) is 6.68. The molecule has 0 atom stereocenters. The summed E-state index contributed by atoms with van der Waals surface area (Å²) in [5, 5.41) is 12.3. The van der Waals surface area contributed by atoms with E-state index in [9.17, 15) is 4.79 Å². The Morgan fingerprint density at radius 1 is 0.933 bits per heavy atom. The summed E-state index contributed by atoms with van der Waals surface area (Å²) < 4.78 is 0. The predicted octanol–water partition coefficient (Wildman–Crippen LogP) is 1.88. The van der Waals surface area contributed by atoms with Gasteiger partial charge in [0.25, 0.3) is 0 Å². The average molecular weight is 211 g/mol. The summed E-state index contributed by atoms with van der Waals surface area (Å²) in [5.74, 6) is 1.03. The Morgan fingerprint density at radius 2 is 1.47 bits per heavy atom. The molecule has 0 amide bonds. The minimum Gasteiger partial charge on any atom is -0.481 e. The van der Waals surface area contributed by atoms with E-state index < -0.39 is 5.97 Å². The lowest BCUT2D eigenvalue weighted by atomic mass is 9.73. The Morgan fingerprint density at radius 3 is 2.00 bits per heavy atom. The van der Waals surface area contributed by atoms with Crippen molar-refractivity contribution in [2.75, 3.05) is 13.1 Å². The van der Waals surface area contributed by atoms with Crippen LogP contribution in [0.2, 0.25) is 0 Å². The number of rotatable bonds is 2. The Labute approximate surface area is 91.2 Å². The van der Waals surface area contributed by atoms with Gasteiger partial charge < -0.3 is 10.4 Å². The zero-order valence-corrected chi connectivity index (χ0v) is 9.24. The van der Waals surface area contributed by atoms with E-state index in [0.717, 1.165) is 50.6 Å². The summed E-state index contributed by atoms with van der Waals surface area (Å²) >= 11 is 0. The maximum atomic E-state index is 10.8. The van der Waals surface area contributed by atoms with Gasteiger partial charge in [-0.05, 0) is 63.5 Å². The van der Waals surface area contributed by atoms with E-state index >= 15 is 0 Å². The third-order valence-corrected chi connectivity index (χ3v) is 4.17. The van der Waals surface area contributed by atoms with Gasteiger partial charge in [-0.25, -0.2) is 0 Å². The minimum absolute atomic E-state index is 0.0528. The fraction of sp³-hybridized carbons (Fsp3) is 0.917. The fourth-order valence-corrected chi connectivity index (χ4v) is 3.15. The summed E-state index contributed by atoms with van der Waals surface area (Å²) in [6.45, 7) is 2.31. The molecule has 1 aliphatic heterocycles. The molecule has 86 valence electrons. The van der Waals surface area contributed by atoms with Crippen molar-refractivity contribution in [3.8, 4) is 0 Å². The van der Waals surface area contributed by atoms with E-state index in [1.54, 1.807) is 0 Å². The number of hydrogen-bond acceptors (Lipinski definition) is 2. The lowest BCUT2D eigenvalue weighted by Gasteiger charge is -2.34. The number of nitrogens with one attached hydrogen (secondary N) is 1. The van der Waals surface area contributed by atoms with Crippen molar-refractivity contribution in [1.29, 1.82) is 0 Å². The van der Waals surface area contributed by atoms with Gasteiger partial charge in [-0.1, -0.05) is 0 Å². The summed E-state index contributed by atoms with van der Waals surface area (Å²) in [4.78, 5) is 10.8. The Kier molecular flexibility index (Phi) is 3.62. The summed E-state index contributed by atoms with van der Waals surface area (Å²) in [6, 6.07) is 0. The highest BCUT2D eigenvalue weighted by atomic mass is 16.4. The second-order valence-corrected chi connectivity index (χ2v) is 5.04. The number of aliphatic carboxylic acids is 1. The van der Waals surface area contributed by atoms with Crippen LogP contribution in [0.15, 0.2) is 0 Å². The van der Waals surface area contributed by atoms with Crippen molar-refractivity contribution in [2.24, 2.45) is 17.8 Å². The largest absolute Gasteiger partial charge is 0.481 e. The minimum atomic E-state index is -0.584. The van der Waals surface area contributed by atoms with Gasteiger partial charge in [-0.15, -0.1) is 0 Å². The van der Waals surface area contributed by atoms with Gasteiger partial charge in [0.05, 0.1) is 5.92 Å². The molecule has 15 heavy (non-hydrogen) atoms. The predicted molar refractivity (Wildman–Crippen MR) is 58.7 cm³/mol. The molecular formula is C12H21NO2. The first kappa shape index (κ1) is 10.9. The summed E-state index contributed by atoms with van der Waals surface area (Å²) in [7, 11) is 0. The Balaban J connectivity index is 1.79. The van der Waals surface area contributed by atoms with Gasteiger partial charge in [-0.2, -0.15) is 0 Å². The van der Waals surface area contributed by atoms with Crippen LogP contribution < -0.4 is 5.32 Å². The molecule has 2 N–H and O–H groups in total. The third kappa shape index (κ3) is 2.71. The van der Waals surface area contributed by atoms with Gasteiger partial charge in [0.1, 0.15) is 0 Å². The Hall–Kier alpha value is -0.570. The molecule has 0 aromatic carbocycles. The highest BCUT2D eigenvalue weighted by Gasteiger charge is 2.30. The maximum Gasteiger partial charge on any atom is 0.306 e. The van der Waals surface area contributed by atoms with Crippen molar-refractivity contribution in [2.45, 2.75) is 38.5 Å². The molecule has 0 aromatic rings. The number of carboxylic acid groups (broad SMARTS) is 1. The standard InChI is InChI=1S/C12H21NO2/c14-12(15)11-3-1-9(2-4-11)10-5-7-13-8-6-10/h9-11,13H,1-8H2,(H,14,15). The number of carbonyl (C=O) groups is 1. The van der Waals surface area contributed by atoms with Crippen molar-refractivity contribution >= 4 is 5.97 Å². The normalized spacial score (nSPS) is 33.9. The Bertz CT molecular complexity index is 216. The zero-order valence-electron chi connectivity index (χ0n) is 9.24. The van der Waals surface area contributed by atoms with Gasteiger partial charge in [0.2, 0.25) is 0 Å². The van der Waals surface area contributed by atoms with Crippen LogP contribution in [0.4, 0.5) is 0 Å². The quantitative estimate of drug-likeness (QED) is 0.733. The monoisotopic (exact) mass is 211 g/mol. The van der Waals surface area contributed by atoms with Crippen molar-refractivity contribution in [1.82, 2.24) is 5.32 Å². The van der Waals surface area contributed by atoms with Crippen LogP contribution in [0.3, 0.4) is 0 Å². The van der Waals surface area contributed by atoms with Crippen molar-refractivity contribution in [3.05, 3.63) is 0 Å². The van der Waals surface area contributed by atoms with Crippen LogP contribution >= 0.6 is 0 Å². The summed E-state index contributed by atoms with van der Waals surface area (Å²) in [5.41, 5.74) is 0. The maximum absolute atomic E-state index is 10.8. The SMILES string of the molecule is O=C(O)C1CCC(C2CCNCC2)CC1. The molecule has 0 bridgehead atoms. The smallest absolute Gasteiger partial charge is 0.306 e. The van der Waals surface area contributed by atoms with E-state index in [4.69, 9.17) is 5.11 Å². The van der Waals surface area contributed by atoms with Crippen LogP contribution in [-0.4, -0.2) is 24.2 Å². The van der Waals surface area contributed by atoms with Crippen LogP contribution in [0.5, 0.6) is 0 Å². The molecule has 1 heterocycles. The molecule has 0 unspecified atom stereocenters. The molecule has 0 radical (unpaired) electrons. The topological polar surface area (TPSA) is 49.3 Å². The van der Waals surface area contributed by atoms with Gasteiger partial charge in [0.15, 0.2) is 0 Å². The molecule has 3 heteroatoms. The van der Waals surface area contributed by atoms with Crippen molar-refractivity contribution in [3.63, 3.8) is 0 Å². The van der Waals surface area contributed by atoms with Crippen molar-refractivity contribution < 1.29 is 9.90 Å². The first-order chi connectivity index (χ1) is 7.27. The van der Waals surface area contributed by atoms with Crippen LogP contribution in [-0.2, 0) is 4.79 Å². The number of carboxylic acids is 1. The molecule has 2 rings (SSSR count). The van der Waals surface area contributed by atoms with Crippen LogP contribution in [0, 0.1) is 17.8 Å². The van der Waals surface area contributed by atoms with Gasteiger partial charge in [-0.3, -0.25) is 4.79 Å². The molecule has 1 aliphatic carbocycles.